The summed E-state index contributed by atoms with van der Waals surface area (Å²) in [4.78, 5) is 12.2. The molecule has 2 heteroatoms. The smallest absolute Gasteiger partial charge is 0.148 e. The first-order valence-corrected chi connectivity index (χ1v) is 7.31. The van der Waals surface area contributed by atoms with Gasteiger partial charge in [-0.05, 0) is 44.4 Å². The minimum Gasteiger partial charge on any atom is -0.298 e. The highest BCUT2D eigenvalue weighted by Crippen LogP contribution is 2.39. The van der Waals surface area contributed by atoms with Gasteiger partial charge in [-0.15, -0.1) is 11.8 Å². The predicted octanol–water partition coefficient (Wildman–Crippen LogP) is 3.78. The fourth-order valence-electron chi connectivity index (χ4n) is 2.39. The van der Waals surface area contributed by atoms with Crippen LogP contribution in [0, 0.1) is 6.92 Å². The Labute approximate surface area is 108 Å². The van der Waals surface area contributed by atoms with Crippen molar-refractivity contribution in [2.75, 3.05) is 5.75 Å². The summed E-state index contributed by atoms with van der Waals surface area (Å²) < 4.78 is -0.0934. The largest absolute Gasteiger partial charge is 0.298 e. The molecular formula is C15H20OS. The molecule has 0 N–H and O–H groups in total. The van der Waals surface area contributed by atoms with Crippen molar-refractivity contribution in [3.8, 4) is 0 Å². The van der Waals surface area contributed by atoms with Crippen molar-refractivity contribution in [1.29, 1.82) is 0 Å². The van der Waals surface area contributed by atoms with E-state index < -0.39 is 0 Å². The van der Waals surface area contributed by atoms with Gasteiger partial charge in [0.25, 0.3) is 0 Å². The Morgan fingerprint density at radius 2 is 2.29 bits per heavy atom. The molecule has 1 fully saturated rings. The molecule has 1 atom stereocenters. The normalized spacial score (nSPS) is 23.9. The second kappa shape index (κ2) is 5.26. The third kappa shape index (κ3) is 3.12. The molecule has 1 heterocycles. The SMILES string of the molecule is Cc1cccc(CCC(=O)C2(C)CCCS2)c1. The Kier molecular flexibility index (Phi) is 3.93. The van der Waals surface area contributed by atoms with Crippen LogP contribution in [0.2, 0.25) is 0 Å². The summed E-state index contributed by atoms with van der Waals surface area (Å²) in [5.74, 6) is 1.58. The zero-order valence-corrected chi connectivity index (χ0v) is 11.5. The fraction of sp³-hybridized carbons (Fsp3) is 0.533. The van der Waals surface area contributed by atoms with Gasteiger partial charge in [0.05, 0.1) is 4.75 Å². The lowest BCUT2D eigenvalue weighted by Crippen LogP contribution is -2.28. The molecule has 0 saturated carbocycles. The molecule has 0 spiro atoms. The number of aryl methyl sites for hydroxylation is 2. The Morgan fingerprint density at radius 3 is 2.94 bits per heavy atom. The first-order valence-electron chi connectivity index (χ1n) is 6.33. The molecule has 0 amide bonds. The molecule has 1 unspecified atom stereocenters. The van der Waals surface area contributed by atoms with Crippen LogP contribution >= 0.6 is 11.8 Å². The van der Waals surface area contributed by atoms with E-state index in [-0.39, 0.29) is 4.75 Å². The molecule has 1 aliphatic rings. The second-order valence-corrected chi connectivity index (χ2v) is 6.69. The van der Waals surface area contributed by atoms with Crippen molar-refractivity contribution in [2.24, 2.45) is 0 Å². The monoisotopic (exact) mass is 248 g/mol. The first-order chi connectivity index (χ1) is 8.10. The Hall–Kier alpha value is -0.760. The van der Waals surface area contributed by atoms with E-state index in [1.807, 2.05) is 11.8 Å². The number of rotatable bonds is 4. The number of carbonyl (C=O) groups is 1. The van der Waals surface area contributed by atoms with Crippen molar-refractivity contribution in [2.45, 2.75) is 44.3 Å². The first kappa shape index (κ1) is 12.7. The summed E-state index contributed by atoms with van der Waals surface area (Å²) in [6.07, 6.45) is 3.82. The van der Waals surface area contributed by atoms with Crippen molar-refractivity contribution in [1.82, 2.24) is 0 Å². The van der Waals surface area contributed by atoms with E-state index in [9.17, 15) is 4.79 Å². The van der Waals surface area contributed by atoms with Gasteiger partial charge in [0.2, 0.25) is 0 Å². The number of hydrogen-bond acceptors (Lipinski definition) is 2. The standard InChI is InChI=1S/C15H20OS/c1-12-5-3-6-13(11-12)7-8-14(16)15(2)9-4-10-17-15/h3,5-6,11H,4,7-10H2,1-2H3. The Morgan fingerprint density at radius 1 is 1.47 bits per heavy atom. The van der Waals surface area contributed by atoms with Gasteiger partial charge in [-0.2, -0.15) is 0 Å². The van der Waals surface area contributed by atoms with E-state index in [0.29, 0.717) is 12.2 Å². The molecular weight excluding hydrogens is 228 g/mol. The summed E-state index contributed by atoms with van der Waals surface area (Å²) in [7, 11) is 0. The maximum Gasteiger partial charge on any atom is 0.148 e. The van der Waals surface area contributed by atoms with E-state index >= 15 is 0 Å². The van der Waals surface area contributed by atoms with Crippen LogP contribution in [0.3, 0.4) is 0 Å². The number of thioether (sulfide) groups is 1. The van der Waals surface area contributed by atoms with Gasteiger partial charge in [-0.25, -0.2) is 0 Å². The molecule has 17 heavy (non-hydrogen) atoms. The maximum atomic E-state index is 12.2. The quantitative estimate of drug-likeness (QED) is 0.806. The molecule has 1 nitrogen and oxygen atoms in total. The van der Waals surface area contributed by atoms with Gasteiger partial charge in [-0.3, -0.25) is 4.79 Å². The van der Waals surface area contributed by atoms with Crippen molar-refractivity contribution in [3.63, 3.8) is 0 Å². The van der Waals surface area contributed by atoms with Crippen LogP contribution in [0.5, 0.6) is 0 Å². The van der Waals surface area contributed by atoms with Crippen LogP contribution < -0.4 is 0 Å². The molecule has 0 aliphatic carbocycles. The van der Waals surface area contributed by atoms with Crippen LogP contribution in [0.1, 0.15) is 37.3 Å². The molecule has 0 radical (unpaired) electrons. The topological polar surface area (TPSA) is 17.1 Å². The average molecular weight is 248 g/mol. The highest BCUT2D eigenvalue weighted by Gasteiger charge is 2.36. The molecule has 0 bridgehead atoms. The lowest BCUT2D eigenvalue weighted by atomic mass is 9.95. The molecule has 1 saturated heterocycles. The van der Waals surface area contributed by atoms with E-state index in [1.165, 1.54) is 17.5 Å². The van der Waals surface area contributed by atoms with Crippen LogP contribution in [0.4, 0.5) is 0 Å². The number of benzene rings is 1. The zero-order chi connectivity index (χ0) is 12.3. The predicted molar refractivity (Wildman–Crippen MR) is 74.6 cm³/mol. The molecule has 2 rings (SSSR count). The average Bonchev–Trinajstić information content (AvgIpc) is 2.74. The number of carbonyl (C=O) groups excluding carboxylic acids is 1. The van der Waals surface area contributed by atoms with Gasteiger partial charge in [0, 0.05) is 6.42 Å². The van der Waals surface area contributed by atoms with Crippen molar-refractivity contribution in [3.05, 3.63) is 35.4 Å². The van der Waals surface area contributed by atoms with Crippen molar-refractivity contribution >= 4 is 17.5 Å². The van der Waals surface area contributed by atoms with Gasteiger partial charge in [0.15, 0.2) is 0 Å². The number of Topliss-reactive ketones (excluding diaryl/α,β-unsaturated/α-hetero) is 1. The van der Waals surface area contributed by atoms with Gasteiger partial charge in [0.1, 0.15) is 5.78 Å². The van der Waals surface area contributed by atoms with E-state index in [2.05, 4.69) is 38.1 Å². The van der Waals surface area contributed by atoms with Crippen LogP contribution in [-0.2, 0) is 11.2 Å². The lowest BCUT2D eigenvalue weighted by molar-refractivity contribution is -0.121. The van der Waals surface area contributed by atoms with Gasteiger partial charge in [-0.1, -0.05) is 29.8 Å². The summed E-state index contributed by atoms with van der Waals surface area (Å²) in [6.45, 7) is 4.21. The highest BCUT2D eigenvalue weighted by atomic mass is 32.2. The fourth-order valence-corrected chi connectivity index (χ4v) is 3.68. The zero-order valence-electron chi connectivity index (χ0n) is 10.7. The van der Waals surface area contributed by atoms with Crippen LogP contribution in [-0.4, -0.2) is 16.3 Å². The summed E-state index contributed by atoms with van der Waals surface area (Å²) in [6, 6.07) is 8.46. The molecule has 1 aromatic carbocycles. The molecule has 1 aliphatic heterocycles. The van der Waals surface area contributed by atoms with E-state index in [0.717, 1.165) is 18.6 Å². The van der Waals surface area contributed by atoms with E-state index in [1.54, 1.807) is 0 Å². The Bertz CT molecular complexity index is 405. The second-order valence-electron chi connectivity index (χ2n) is 5.10. The number of ketones is 1. The summed E-state index contributed by atoms with van der Waals surface area (Å²) >= 11 is 1.84. The molecule has 92 valence electrons. The van der Waals surface area contributed by atoms with Crippen molar-refractivity contribution < 1.29 is 4.79 Å². The van der Waals surface area contributed by atoms with Crippen LogP contribution in [0.25, 0.3) is 0 Å². The van der Waals surface area contributed by atoms with Gasteiger partial charge >= 0.3 is 0 Å². The number of hydrogen-bond donors (Lipinski definition) is 0. The third-order valence-electron chi connectivity index (χ3n) is 3.53. The summed E-state index contributed by atoms with van der Waals surface area (Å²) in [5.41, 5.74) is 2.56. The lowest BCUT2D eigenvalue weighted by Gasteiger charge is -2.20. The molecule has 0 aromatic heterocycles. The Balaban J connectivity index is 1.92. The minimum absolute atomic E-state index is 0.0934. The van der Waals surface area contributed by atoms with E-state index in [4.69, 9.17) is 0 Å². The van der Waals surface area contributed by atoms with Gasteiger partial charge < -0.3 is 0 Å². The maximum absolute atomic E-state index is 12.2. The third-order valence-corrected chi connectivity index (χ3v) is 5.09. The summed E-state index contributed by atoms with van der Waals surface area (Å²) in [5, 5.41) is 0. The highest BCUT2D eigenvalue weighted by molar-refractivity contribution is 8.01. The minimum atomic E-state index is -0.0934. The van der Waals surface area contributed by atoms with Crippen LogP contribution in [0.15, 0.2) is 24.3 Å². The molecule has 1 aromatic rings.